The average molecular weight is 231 g/mol. The first-order valence-corrected chi connectivity index (χ1v) is 4.91. The van der Waals surface area contributed by atoms with Crippen molar-refractivity contribution in [1.29, 1.82) is 0 Å². The van der Waals surface area contributed by atoms with Crippen LogP contribution in [0.15, 0.2) is 17.1 Å². The van der Waals surface area contributed by atoms with Crippen molar-refractivity contribution < 1.29 is 8.78 Å². The van der Waals surface area contributed by atoms with E-state index in [0.29, 0.717) is 6.54 Å². The summed E-state index contributed by atoms with van der Waals surface area (Å²) >= 11 is 5.52. The van der Waals surface area contributed by atoms with Crippen molar-refractivity contribution in [3.8, 4) is 0 Å². The van der Waals surface area contributed by atoms with E-state index in [1.165, 1.54) is 0 Å². The molecule has 2 nitrogen and oxygen atoms in total. The first kappa shape index (κ1) is 10.4. The minimum absolute atomic E-state index is 0.0420. The average Bonchev–Trinajstić information content (AvgIpc) is 2.49. The number of benzene rings is 1. The normalized spacial score (nSPS) is 20.0. The molecule has 1 N–H and O–H groups in total. The van der Waals surface area contributed by atoms with Gasteiger partial charge < -0.3 is 5.32 Å². The lowest BCUT2D eigenvalue weighted by Gasteiger charge is -2.08. The van der Waals surface area contributed by atoms with Gasteiger partial charge in [0, 0.05) is 11.1 Å². The zero-order chi connectivity index (χ0) is 11.0. The van der Waals surface area contributed by atoms with Crippen molar-refractivity contribution in [2.45, 2.75) is 13.0 Å². The number of rotatable bonds is 1. The Morgan fingerprint density at radius 3 is 2.47 bits per heavy atom. The third-order valence-corrected chi connectivity index (χ3v) is 2.37. The highest BCUT2D eigenvalue weighted by Crippen LogP contribution is 2.20. The van der Waals surface area contributed by atoms with Gasteiger partial charge in [-0.1, -0.05) is 11.6 Å². The third kappa shape index (κ3) is 1.95. The molecule has 0 bridgehead atoms. The standard InChI is InChI=1S/C10H9ClF2N2/c1-5-4-14-10(15-5)9-7(12)2-6(11)3-8(9)13/h2-3,5H,4H2,1H3,(H,14,15). The van der Waals surface area contributed by atoms with Crippen LogP contribution in [0.4, 0.5) is 8.78 Å². The molecule has 0 radical (unpaired) electrons. The second-order valence-electron chi connectivity index (χ2n) is 3.48. The molecule has 1 aliphatic heterocycles. The Morgan fingerprint density at radius 1 is 1.40 bits per heavy atom. The molecule has 1 aromatic carbocycles. The molecule has 0 amide bonds. The predicted molar refractivity (Wildman–Crippen MR) is 55.4 cm³/mol. The molecule has 0 spiro atoms. The lowest BCUT2D eigenvalue weighted by Crippen LogP contribution is -2.29. The number of nitrogens with one attached hydrogen (secondary N) is 1. The van der Waals surface area contributed by atoms with Crippen molar-refractivity contribution in [3.63, 3.8) is 0 Å². The Bertz CT molecular complexity index is 408. The van der Waals surface area contributed by atoms with Crippen LogP contribution in [0.5, 0.6) is 0 Å². The van der Waals surface area contributed by atoms with Gasteiger partial charge in [-0.2, -0.15) is 0 Å². The summed E-state index contributed by atoms with van der Waals surface area (Å²) in [5.41, 5.74) is -0.135. The second kappa shape index (κ2) is 3.77. The molecular formula is C10H9ClF2N2. The van der Waals surface area contributed by atoms with E-state index in [1.54, 1.807) is 0 Å². The zero-order valence-corrected chi connectivity index (χ0v) is 8.78. The van der Waals surface area contributed by atoms with Gasteiger partial charge in [0.1, 0.15) is 17.5 Å². The van der Waals surface area contributed by atoms with Crippen LogP contribution < -0.4 is 5.32 Å². The summed E-state index contributed by atoms with van der Waals surface area (Å²) in [6.07, 6.45) is 0. The van der Waals surface area contributed by atoms with E-state index in [0.717, 1.165) is 12.1 Å². The molecule has 1 unspecified atom stereocenters. The topological polar surface area (TPSA) is 24.4 Å². The zero-order valence-electron chi connectivity index (χ0n) is 8.02. The van der Waals surface area contributed by atoms with Gasteiger partial charge in [0.25, 0.3) is 0 Å². The van der Waals surface area contributed by atoms with Gasteiger partial charge in [-0.3, -0.25) is 4.99 Å². The number of halogens is 3. The summed E-state index contributed by atoms with van der Waals surface area (Å²) in [4.78, 5) is 4.02. The quantitative estimate of drug-likeness (QED) is 0.787. The van der Waals surface area contributed by atoms with Gasteiger partial charge in [-0.25, -0.2) is 8.78 Å². The van der Waals surface area contributed by atoms with E-state index in [4.69, 9.17) is 11.6 Å². The highest BCUT2D eigenvalue weighted by molar-refractivity contribution is 6.30. The van der Waals surface area contributed by atoms with Crippen LogP contribution in [0, 0.1) is 11.6 Å². The lowest BCUT2D eigenvalue weighted by atomic mass is 10.2. The van der Waals surface area contributed by atoms with Crippen molar-refractivity contribution in [2.24, 2.45) is 4.99 Å². The maximum Gasteiger partial charge on any atom is 0.138 e. The first-order chi connectivity index (χ1) is 7.08. The molecule has 0 saturated heterocycles. The van der Waals surface area contributed by atoms with Crippen molar-refractivity contribution in [2.75, 3.05) is 6.54 Å². The van der Waals surface area contributed by atoms with Crippen LogP contribution in [0.2, 0.25) is 5.02 Å². The molecule has 5 heteroatoms. The lowest BCUT2D eigenvalue weighted by molar-refractivity contribution is 0.577. The van der Waals surface area contributed by atoms with E-state index in [1.807, 2.05) is 6.92 Å². The SMILES string of the molecule is CC1CN=C(c2c(F)cc(Cl)cc2F)N1. The fraction of sp³-hybridized carbons (Fsp3) is 0.300. The van der Waals surface area contributed by atoms with Crippen LogP contribution in [-0.4, -0.2) is 18.4 Å². The van der Waals surface area contributed by atoms with Gasteiger partial charge in [-0.15, -0.1) is 0 Å². The molecule has 15 heavy (non-hydrogen) atoms. The molecule has 0 aromatic heterocycles. The van der Waals surface area contributed by atoms with Gasteiger partial charge in [0.15, 0.2) is 0 Å². The number of aliphatic imine (C=N–C) groups is 1. The maximum atomic E-state index is 13.4. The van der Waals surface area contributed by atoms with Crippen LogP contribution in [0.1, 0.15) is 12.5 Å². The van der Waals surface area contributed by atoms with Crippen LogP contribution in [0.25, 0.3) is 0 Å². The monoisotopic (exact) mass is 230 g/mol. The van der Waals surface area contributed by atoms with Crippen molar-refractivity contribution in [1.82, 2.24) is 5.32 Å². The molecule has 2 rings (SSSR count). The summed E-state index contributed by atoms with van der Waals surface area (Å²) in [6, 6.07) is 2.26. The fourth-order valence-electron chi connectivity index (χ4n) is 1.47. The van der Waals surface area contributed by atoms with Crippen LogP contribution in [-0.2, 0) is 0 Å². The van der Waals surface area contributed by atoms with Gasteiger partial charge >= 0.3 is 0 Å². The molecule has 1 atom stereocenters. The van der Waals surface area contributed by atoms with E-state index in [2.05, 4.69) is 10.3 Å². The molecule has 0 saturated carbocycles. The number of nitrogens with zero attached hydrogens (tertiary/aromatic N) is 1. The summed E-state index contributed by atoms with van der Waals surface area (Å²) in [7, 11) is 0. The largest absolute Gasteiger partial charge is 0.365 e. The van der Waals surface area contributed by atoms with Crippen molar-refractivity contribution in [3.05, 3.63) is 34.4 Å². The van der Waals surface area contributed by atoms with E-state index in [9.17, 15) is 8.78 Å². The Kier molecular flexibility index (Phi) is 2.61. The summed E-state index contributed by atoms with van der Waals surface area (Å²) < 4.78 is 26.9. The summed E-state index contributed by atoms with van der Waals surface area (Å²) in [5, 5.41) is 2.94. The molecule has 1 heterocycles. The van der Waals surface area contributed by atoms with E-state index >= 15 is 0 Å². The van der Waals surface area contributed by atoms with Gasteiger partial charge in [0.2, 0.25) is 0 Å². The highest BCUT2D eigenvalue weighted by atomic mass is 35.5. The second-order valence-corrected chi connectivity index (χ2v) is 3.92. The molecule has 0 fully saturated rings. The minimum atomic E-state index is -0.694. The first-order valence-electron chi connectivity index (χ1n) is 4.54. The van der Waals surface area contributed by atoms with Crippen molar-refractivity contribution >= 4 is 17.4 Å². The molecule has 1 aliphatic rings. The van der Waals surface area contributed by atoms with E-state index in [-0.39, 0.29) is 22.5 Å². The Labute approximate surface area is 91.0 Å². The smallest absolute Gasteiger partial charge is 0.138 e. The Balaban J connectivity index is 2.45. The molecule has 0 aliphatic carbocycles. The van der Waals surface area contributed by atoms with Gasteiger partial charge in [-0.05, 0) is 19.1 Å². The number of hydrogen-bond donors (Lipinski definition) is 1. The minimum Gasteiger partial charge on any atom is -0.365 e. The summed E-state index contributed by atoms with van der Waals surface area (Å²) in [6.45, 7) is 2.42. The molecular weight excluding hydrogens is 222 g/mol. The molecule has 80 valence electrons. The number of amidine groups is 1. The summed E-state index contributed by atoms with van der Waals surface area (Å²) in [5.74, 6) is -1.13. The van der Waals surface area contributed by atoms with E-state index < -0.39 is 11.6 Å². The fourth-order valence-corrected chi connectivity index (χ4v) is 1.66. The highest BCUT2D eigenvalue weighted by Gasteiger charge is 2.21. The number of hydrogen-bond acceptors (Lipinski definition) is 2. The Morgan fingerprint density at radius 2 is 2.00 bits per heavy atom. The third-order valence-electron chi connectivity index (χ3n) is 2.15. The predicted octanol–water partition coefficient (Wildman–Crippen LogP) is 2.36. The van der Waals surface area contributed by atoms with Gasteiger partial charge in [0.05, 0.1) is 12.1 Å². The molecule has 1 aromatic rings. The maximum absolute atomic E-state index is 13.4. The Hall–Kier alpha value is -1.16. The van der Waals surface area contributed by atoms with Crippen LogP contribution in [0.3, 0.4) is 0 Å². The van der Waals surface area contributed by atoms with Crippen LogP contribution >= 0.6 is 11.6 Å².